The minimum absolute atomic E-state index is 0.0184. The Kier molecular flexibility index (Phi) is 6.67. The van der Waals surface area contributed by atoms with Crippen molar-refractivity contribution in [1.29, 1.82) is 0 Å². The molecule has 2 aromatic carbocycles. The Hall–Kier alpha value is -3.75. The summed E-state index contributed by atoms with van der Waals surface area (Å²) in [5.41, 5.74) is 1.67. The Morgan fingerprint density at radius 3 is 2.11 bits per heavy atom. The molecule has 3 rings (SSSR count). The van der Waals surface area contributed by atoms with Gasteiger partial charge in [-0.1, -0.05) is 65.9 Å². The van der Waals surface area contributed by atoms with Crippen molar-refractivity contribution < 1.29 is 19.1 Å². The van der Waals surface area contributed by atoms with Gasteiger partial charge >= 0.3 is 12.1 Å². The van der Waals surface area contributed by atoms with Crippen molar-refractivity contribution in [2.75, 3.05) is 0 Å². The normalized spacial score (nSPS) is 11.4. The number of tetrazole rings is 1. The zero-order valence-electron chi connectivity index (χ0n) is 14.9. The highest BCUT2D eigenvalue weighted by Crippen LogP contribution is 2.05. The Morgan fingerprint density at radius 1 is 0.929 bits per heavy atom. The molecule has 1 amide bonds. The summed E-state index contributed by atoms with van der Waals surface area (Å²) in [6.45, 7) is 0.170. The van der Waals surface area contributed by atoms with Crippen LogP contribution in [-0.2, 0) is 33.9 Å². The van der Waals surface area contributed by atoms with Crippen LogP contribution in [0.2, 0.25) is 0 Å². The highest BCUT2D eigenvalue weighted by atomic mass is 16.6. The Morgan fingerprint density at radius 2 is 1.54 bits per heavy atom. The van der Waals surface area contributed by atoms with Crippen molar-refractivity contribution in [3.8, 4) is 0 Å². The number of nitrogens with one attached hydrogen (secondary N) is 2. The minimum Gasteiger partial charge on any atom is -0.459 e. The topological polar surface area (TPSA) is 119 Å². The maximum absolute atomic E-state index is 12.5. The first-order chi connectivity index (χ1) is 13.7. The van der Waals surface area contributed by atoms with E-state index in [2.05, 4.69) is 25.9 Å². The molecule has 9 heteroatoms. The first kappa shape index (κ1) is 19.0. The van der Waals surface area contributed by atoms with Crippen LogP contribution in [0.1, 0.15) is 17.0 Å². The number of H-pyrrole nitrogens is 1. The number of esters is 1. The van der Waals surface area contributed by atoms with Gasteiger partial charge in [-0.25, -0.2) is 9.59 Å². The summed E-state index contributed by atoms with van der Waals surface area (Å²) in [6, 6.07) is 17.4. The number of carbonyl (C=O) groups is 2. The van der Waals surface area contributed by atoms with E-state index >= 15 is 0 Å². The van der Waals surface area contributed by atoms with Gasteiger partial charge < -0.3 is 14.8 Å². The van der Waals surface area contributed by atoms with Crippen molar-refractivity contribution in [3.05, 3.63) is 77.6 Å². The van der Waals surface area contributed by atoms with E-state index in [0.717, 1.165) is 11.1 Å². The van der Waals surface area contributed by atoms with E-state index in [-0.39, 0.29) is 25.5 Å². The summed E-state index contributed by atoms with van der Waals surface area (Å²) in [6.07, 6.45) is -0.723. The van der Waals surface area contributed by atoms with Crippen LogP contribution in [0.5, 0.6) is 0 Å². The lowest BCUT2D eigenvalue weighted by Crippen LogP contribution is -2.43. The second-order valence-corrected chi connectivity index (χ2v) is 5.88. The molecule has 144 valence electrons. The van der Waals surface area contributed by atoms with Crippen LogP contribution in [0.15, 0.2) is 60.7 Å². The Labute approximate surface area is 161 Å². The smallest absolute Gasteiger partial charge is 0.408 e. The molecule has 0 aliphatic heterocycles. The van der Waals surface area contributed by atoms with Crippen LogP contribution >= 0.6 is 0 Å². The number of ether oxygens (including phenoxy) is 2. The second kappa shape index (κ2) is 9.81. The van der Waals surface area contributed by atoms with Gasteiger partial charge in [-0.15, -0.1) is 10.2 Å². The molecule has 3 aromatic rings. The monoisotopic (exact) mass is 381 g/mol. The number of nitrogens with zero attached hydrogens (tertiary/aromatic N) is 3. The van der Waals surface area contributed by atoms with Gasteiger partial charge in [0.2, 0.25) is 0 Å². The number of benzene rings is 2. The van der Waals surface area contributed by atoms with E-state index in [1.807, 2.05) is 60.7 Å². The first-order valence-corrected chi connectivity index (χ1v) is 8.61. The number of aromatic amines is 1. The number of rotatable bonds is 8. The summed E-state index contributed by atoms with van der Waals surface area (Å²) in [5, 5.41) is 15.9. The van der Waals surface area contributed by atoms with E-state index in [1.165, 1.54) is 0 Å². The van der Waals surface area contributed by atoms with E-state index in [4.69, 9.17) is 9.47 Å². The van der Waals surface area contributed by atoms with Gasteiger partial charge in [0.15, 0.2) is 5.82 Å². The number of hydrogen-bond donors (Lipinski definition) is 2. The molecule has 0 aliphatic rings. The zero-order valence-corrected chi connectivity index (χ0v) is 14.9. The maximum Gasteiger partial charge on any atom is 0.408 e. The molecule has 1 heterocycles. The summed E-state index contributed by atoms with van der Waals surface area (Å²) in [5.74, 6) is -0.352. The highest BCUT2D eigenvalue weighted by Gasteiger charge is 2.25. The molecule has 0 bridgehead atoms. The molecule has 0 saturated heterocycles. The third kappa shape index (κ3) is 5.90. The second-order valence-electron chi connectivity index (χ2n) is 5.88. The van der Waals surface area contributed by atoms with E-state index < -0.39 is 18.1 Å². The van der Waals surface area contributed by atoms with Gasteiger partial charge in [0, 0.05) is 6.42 Å². The fraction of sp³-hybridized carbons (Fsp3) is 0.211. The number of aromatic nitrogens is 4. The summed E-state index contributed by atoms with van der Waals surface area (Å²) in [4.78, 5) is 24.6. The molecular weight excluding hydrogens is 362 g/mol. The quantitative estimate of drug-likeness (QED) is 0.571. The third-order valence-electron chi connectivity index (χ3n) is 3.79. The molecule has 0 fully saturated rings. The average molecular weight is 381 g/mol. The Balaban J connectivity index is 1.57. The first-order valence-electron chi connectivity index (χ1n) is 8.61. The zero-order chi connectivity index (χ0) is 19.6. The average Bonchev–Trinajstić information content (AvgIpc) is 3.25. The number of hydrogen-bond acceptors (Lipinski definition) is 7. The van der Waals surface area contributed by atoms with Crippen molar-refractivity contribution in [3.63, 3.8) is 0 Å². The molecule has 0 unspecified atom stereocenters. The van der Waals surface area contributed by atoms with Crippen LogP contribution < -0.4 is 5.32 Å². The van der Waals surface area contributed by atoms with Gasteiger partial charge in [-0.3, -0.25) is 0 Å². The predicted molar refractivity (Wildman–Crippen MR) is 97.7 cm³/mol. The highest BCUT2D eigenvalue weighted by molar-refractivity contribution is 5.81. The van der Waals surface area contributed by atoms with Crippen LogP contribution in [0.25, 0.3) is 0 Å². The molecule has 0 saturated carbocycles. The number of alkyl carbamates (subject to hydrolysis) is 1. The third-order valence-corrected chi connectivity index (χ3v) is 3.79. The van der Waals surface area contributed by atoms with Crippen LogP contribution in [0.4, 0.5) is 4.79 Å². The summed E-state index contributed by atoms with van der Waals surface area (Å²) >= 11 is 0. The largest absolute Gasteiger partial charge is 0.459 e. The van der Waals surface area contributed by atoms with E-state index in [9.17, 15) is 9.59 Å². The van der Waals surface area contributed by atoms with Gasteiger partial charge in [-0.2, -0.15) is 5.21 Å². The molecular formula is C19H19N5O4. The minimum atomic E-state index is -1.01. The lowest BCUT2D eigenvalue weighted by molar-refractivity contribution is -0.147. The lowest BCUT2D eigenvalue weighted by atomic mass is 10.2. The van der Waals surface area contributed by atoms with Crippen molar-refractivity contribution in [1.82, 2.24) is 25.9 Å². The molecule has 1 atom stereocenters. The van der Waals surface area contributed by atoms with E-state index in [1.54, 1.807) is 0 Å². The number of amides is 1. The standard InChI is InChI=1S/C19H19N5O4/c25-18(27-12-14-7-3-1-4-8-14)16(11-17-21-23-24-22-17)20-19(26)28-13-15-9-5-2-6-10-15/h1-10,16H,11-13H2,(H,20,26)(H,21,22,23,24)/t16-/m1/s1. The molecule has 9 nitrogen and oxygen atoms in total. The van der Waals surface area contributed by atoms with Gasteiger partial charge in [0.1, 0.15) is 19.3 Å². The SMILES string of the molecule is O=C(N[C@H](Cc1nn[nH]n1)C(=O)OCc1ccccc1)OCc1ccccc1. The predicted octanol–water partition coefficient (Wildman–Crippen LogP) is 1.78. The maximum atomic E-state index is 12.5. The van der Waals surface area contributed by atoms with Crippen molar-refractivity contribution >= 4 is 12.1 Å². The van der Waals surface area contributed by atoms with Crippen LogP contribution in [-0.4, -0.2) is 38.7 Å². The van der Waals surface area contributed by atoms with Crippen LogP contribution in [0, 0.1) is 0 Å². The van der Waals surface area contributed by atoms with Crippen molar-refractivity contribution in [2.45, 2.75) is 25.7 Å². The van der Waals surface area contributed by atoms with Gasteiger partial charge in [0.25, 0.3) is 0 Å². The number of carbonyl (C=O) groups excluding carboxylic acids is 2. The van der Waals surface area contributed by atoms with Crippen LogP contribution in [0.3, 0.4) is 0 Å². The molecule has 28 heavy (non-hydrogen) atoms. The van der Waals surface area contributed by atoms with Gasteiger partial charge in [0.05, 0.1) is 0 Å². The molecule has 0 spiro atoms. The Bertz CT molecular complexity index is 872. The lowest BCUT2D eigenvalue weighted by Gasteiger charge is -2.16. The van der Waals surface area contributed by atoms with Crippen molar-refractivity contribution in [2.24, 2.45) is 0 Å². The molecule has 1 aromatic heterocycles. The fourth-order valence-electron chi connectivity index (χ4n) is 2.38. The summed E-state index contributed by atoms with van der Waals surface area (Å²) in [7, 11) is 0. The molecule has 0 aliphatic carbocycles. The molecule has 2 N–H and O–H groups in total. The fourth-order valence-corrected chi connectivity index (χ4v) is 2.38. The van der Waals surface area contributed by atoms with E-state index in [0.29, 0.717) is 0 Å². The summed E-state index contributed by atoms with van der Waals surface area (Å²) < 4.78 is 10.5. The van der Waals surface area contributed by atoms with Gasteiger partial charge in [-0.05, 0) is 11.1 Å². The molecule has 0 radical (unpaired) electrons.